The summed E-state index contributed by atoms with van der Waals surface area (Å²) in [6.07, 6.45) is 2.43. The van der Waals surface area contributed by atoms with Crippen LogP contribution in [-0.2, 0) is 4.79 Å². The van der Waals surface area contributed by atoms with Crippen LogP contribution >= 0.6 is 0 Å². The lowest BCUT2D eigenvalue weighted by Crippen LogP contribution is -2.42. The minimum absolute atomic E-state index is 0.113. The van der Waals surface area contributed by atoms with Gasteiger partial charge in [-0.2, -0.15) is 0 Å². The normalized spacial score (nSPS) is 17.6. The fraction of sp³-hybridized carbons (Fsp3) is 0.421. The Morgan fingerprint density at radius 1 is 1.32 bits per heavy atom. The number of benzene rings is 1. The Morgan fingerprint density at radius 3 is 2.84 bits per heavy atom. The number of para-hydroxylation sites is 1. The quantitative estimate of drug-likeness (QED) is 0.893. The summed E-state index contributed by atoms with van der Waals surface area (Å²) in [6, 6.07) is 7.44. The van der Waals surface area contributed by atoms with Crippen LogP contribution in [0.2, 0.25) is 0 Å². The molecule has 3 rings (SSSR count). The van der Waals surface area contributed by atoms with Crippen LogP contribution in [0.4, 0.5) is 0 Å². The van der Waals surface area contributed by atoms with Crippen molar-refractivity contribution in [2.75, 3.05) is 13.1 Å². The molecule has 25 heavy (non-hydrogen) atoms. The molecule has 1 atom stereocenters. The van der Waals surface area contributed by atoms with E-state index in [0.717, 1.165) is 23.7 Å². The maximum Gasteiger partial charge on any atom is 0.303 e. The van der Waals surface area contributed by atoms with E-state index in [1.165, 1.54) is 0 Å². The number of carboxylic acids is 1. The molecule has 1 unspecified atom stereocenters. The summed E-state index contributed by atoms with van der Waals surface area (Å²) >= 11 is 0. The number of carbonyl (C=O) groups is 2. The molecule has 132 valence electrons. The predicted octanol–water partition coefficient (Wildman–Crippen LogP) is 2.55. The third-order valence-electron chi connectivity index (χ3n) is 4.97. The topological polar surface area (TPSA) is 90.5 Å². The van der Waals surface area contributed by atoms with Crippen molar-refractivity contribution >= 4 is 22.8 Å². The van der Waals surface area contributed by atoms with E-state index in [4.69, 9.17) is 5.11 Å². The van der Waals surface area contributed by atoms with E-state index in [-0.39, 0.29) is 29.4 Å². The van der Waals surface area contributed by atoms with Crippen molar-refractivity contribution in [2.24, 2.45) is 5.92 Å². The van der Waals surface area contributed by atoms with Crippen molar-refractivity contribution < 1.29 is 14.7 Å². The highest BCUT2D eigenvalue weighted by molar-refractivity contribution is 5.99. The number of rotatable bonds is 4. The second kappa shape index (κ2) is 7.09. The maximum absolute atomic E-state index is 13.0. The first kappa shape index (κ1) is 17.2. The molecule has 1 amide bonds. The first-order valence-electron chi connectivity index (χ1n) is 8.60. The van der Waals surface area contributed by atoms with Crippen molar-refractivity contribution in [3.8, 4) is 0 Å². The average Bonchev–Trinajstić information content (AvgIpc) is 2.60. The number of aromatic amines is 1. The Bertz CT molecular complexity index is 871. The number of piperidine rings is 1. The second-order valence-corrected chi connectivity index (χ2v) is 6.69. The minimum atomic E-state index is -0.815. The number of H-pyrrole nitrogens is 1. The standard InChI is InChI=1S/C19H22N2O4/c1-12-14-6-2-3-7-15(14)20-18(24)17(12)19(25)21-10-4-5-13(11-21)8-9-16(22)23/h2-3,6-7,13H,4-5,8-11H2,1H3,(H,20,24)(H,22,23). The number of carbonyl (C=O) groups excluding carboxylic acids is 1. The van der Waals surface area contributed by atoms with Gasteiger partial charge in [-0.25, -0.2) is 0 Å². The molecular weight excluding hydrogens is 320 g/mol. The van der Waals surface area contributed by atoms with Crippen LogP contribution in [0.3, 0.4) is 0 Å². The molecule has 1 aromatic heterocycles. The van der Waals surface area contributed by atoms with E-state index in [1.807, 2.05) is 24.3 Å². The third-order valence-corrected chi connectivity index (χ3v) is 4.97. The number of aliphatic carboxylic acids is 1. The van der Waals surface area contributed by atoms with Gasteiger partial charge in [-0.3, -0.25) is 14.4 Å². The lowest BCUT2D eigenvalue weighted by molar-refractivity contribution is -0.137. The number of nitrogens with zero attached hydrogens (tertiary/aromatic N) is 1. The van der Waals surface area contributed by atoms with Gasteiger partial charge >= 0.3 is 5.97 Å². The summed E-state index contributed by atoms with van der Waals surface area (Å²) in [7, 11) is 0. The number of amides is 1. The summed E-state index contributed by atoms with van der Waals surface area (Å²) in [4.78, 5) is 40.7. The molecular formula is C19H22N2O4. The van der Waals surface area contributed by atoms with Crippen molar-refractivity contribution in [1.82, 2.24) is 9.88 Å². The van der Waals surface area contributed by atoms with E-state index in [9.17, 15) is 14.4 Å². The molecule has 2 heterocycles. The number of nitrogens with one attached hydrogen (secondary N) is 1. The molecule has 1 fully saturated rings. The zero-order valence-corrected chi connectivity index (χ0v) is 14.2. The zero-order chi connectivity index (χ0) is 18.0. The number of hydrogen-bond acceptors (Lipinski definition) is 3. The molecule has 2 aromatic rings. The molecule has 1 aromatic carbocycles. The number of fused-ring (bicyclic) bond motifs is 1. The van der Waals surface area contributed by atoms with E-state index < -0.39 is 5.97 Å². The van der Waals surface area contributed by atoms with E-state index in [0.29, 0.717) is 25.1 Å². The van der Waals surface area contributed by atoms with Gasteiger partial charge in [-0.05, 0) is 43.7 Å². The fourth-order valence-electron chi connectivity index (χ4n) is 3.64. The largest absolute Gasteiger partial charge is 0.481 e. The predicted molar refractivity (Wildman–Crippen MR) is 94.8 cm³/mol. The smallest absolute Gasteiger partial charge is 0.303 e. The molecule has 0 aliphatic carbocycles. The zero-order valence-electron chi connectivity index (χ0n) is 14.2. The molecule has 0 radical (unpaired) electrons. The Kier molecular flexibility index (Phi) is 4.88. The Morgan fingerprint density at radius 2 is 2.08 bits per heavy atom. The number of aryl methyl sites for hydroxylation is 1. The van der Waals surface area contributed by atoms with Crippen LogP contribution in [-0.4, -0.2) is 40.0 Å². The van der Waals surface area contributed by atoms with Gasteiger partial charge in [0.1, 0.15) is 5.56 Å². The van der Waals surface area contributed by atoms with Crippen molar-refractivity contribution in [3.05, 3.63) is 45.7 Å². The first-order chi connectivity index (χ1) is 12.0. The van der Waals surface area contributed by atoms with Crippen LogP contribution < -0.4 is 5.56 Å². The van der Waals surface area contributed by atoms with Gasteiger partial charge in [-0.1, -0.05) is 18.2 Å². The van der Waals surface area contributed by atoms with E-state index in [2.05, 4.69) is 4.98 Å². The van der Waals surface area contributed by atoms with Gasteiger partial charge in [0.25, 0.3) is 11.5 Å². The molecule has 0 spiro atoms. The maximum atomic E-state index is 13.0. The fourth-order valence-corrected chi connectivity index (χ4v) is 3.64. The van der Waals surface area contributed by atoms with Crippen molar-refractivity contribution in [1.29, 1.82) is 0 Å². The second-order valence-electron chi connectivity index (χ2n) is 6.69. The van der Waals surface area contributed by atoms with Crippen molar-refractivity contribution in [3.63, 3.8) is 0 Å². The van der Waals surface area contributed by atoms with Crippen LogP contribution in [0.5, 0.6) is 0 Å². The summed E-state index contributed by atoms with van der Waals surface area (Å²) in [6.45, 7) is 2.92. The molecule has 2 N–H and O–H groups in total. The monoisotopic (exact) mass is 342 g/mol. The van der Waals surface area contributed by atoms with Crippen LogP contribution in [0, 0.1) is 12.8 Å². The molecule has 0 saturated carbocycles. The molecule has 1 aliphatic rings. The van der Waals surface area contributed by atoms with Crippen LogP contribution in [0.1, 0.15) is 41.6 Å². The SMILES string of the molecule is Cc1c(C(=O)N2CCCC(CCC(=O)O)C2)c(=O)[nH]c2ccccc12. The molecule has 6 heteroatoms. The first-order valence-corrected chi connectivity index (χ1v) is 8.60. The Hall–Kier alpha value is -2.63. The van der Waals surface area contributed by atoms with Crippen LogP contribution in [0.15, 0.2) is 29.1 Å². The third kappa shape index (κ3) is 3.57. The summed E-state index contributed by atoms with van der Waals surface area (Å²) in [5.41, 5.74) is 1.24. The van der Waals surface area contributed by atoms with Crippen molar-refractivity contribution in [2.45, 2.75) is 32.6 Å². The van der Waals surface area contributed by atoms with Crippen LogP contribution in [0.25, 0.3) is 10.9 Å². The van der Waals surface area contributed by atoms with Gasteiger partial charge in [0.15, 0.2) is 0 Å². The minimum Gasteiger partial charge on any atom is -0.481 e. The van der Waals surface area contributed by atoms with Gasteiger partial charge in [-0.15, -0.1) is 0 Å². The number of carboxylic acid groups (broad SMARTS) is 1. The molecule has 0 bridgehead atoms. The Labute approximate surface area is 145 Å². The van der Waals surface area contributed by atoms with E-state index >= 15 is 0 Å². The average molecular weight is 342 g/mol. The molecule has 6 nitrogen and oxygen atoms in total. The highest BCUT2D eigenvalue weighted by atomic mass is 16.4. The highest BCUT2D eigenvalue weighted by Crippen LogP contribution is 2.24. The molecule has 1 saturated heterocycles. The van der Waals surface area contributed by atoms with Gasteiger partial charge in [0, 0.05) is 30.4 Å². The summed E-state index contributed by atoms with van der Waals surface area (Å²) < 4.78 is 0. The van der Waals surface area contributed by atoms with Gasteiger partial charge < -0.3 is 15.0 Å². The number of aromatic nitrogens is 1. The van der Waals surface area contributed by atoms with E-state index in [1.54, 1.807) is 11.8 Å². The number of hydrogen-bond donors (Lipinski definition) is 2. The number of pyridine rings is 1. The Balaban J connectivity index is 1.86. The number of likely N-dealkylation sites (tertiary alicyclic amines) is 1. The van der Waals surface area contributed by atoms with Gasteiger partial charge in [0.05, 0.1) is 0 Å². The van der Waals surface area contributed by atoms with Gasteiger partial charge in [0.2, 0.25) is 0 Å². The lowest BCUT2D eigenvalue weighted by Gasteiger charge is -2.32. The highest BCUT2D eigenvalue weighted by Gasteiger charge is 2.27. The lowest BCUT2D eigenvalue weighted by atomic mass is 9.92. The summed E-state index contributed by atoms with van der Waals surface area (Å²) in [5.74, 6) is -0.900. The summed E-state index contributed by atoms with van der Waals surface area (Å²) in [5, 5.41) is 9.71. The molecule has 1 aliphatic heterocycles.